The number of thiol groups is 1. The van der Waals surface area contributed by atoms with Crippen molar-refractivity contribution < 1.29 is 24.3 Å². The lowest BCUT2D eigenvalue weighted by Crippen LogP contribution is -2.50. The van der Waals surface area contributed by atoms with Crippen LogP contribution >= 0.6 is 12.6 Å². The van der Waals surface area contributed by atoms with Crippen molar-refractivity contribution in [2.24, 2.45) is 11.5 Å². The summed E-state index contributed by atoms with van der Waals surface area (Å²) in [4.78, 5) is 46.5. The fraction of sp³-hybridized carbons (Fsp3) is 0.800. The van der Waals surface area contributed by atoms with Gasteiger partial charge >= 0.3 is 5.97 Å². The zero-order valence-electron chi connectivity index (χ0n) is 19.2. The highest BCUT2D eigenvalue weighted by atomic mass is 32.1. The van der Waals surface area contributed by atoms with E-state index in [0.717, 1.165) is 51.9 Å². The first-order valence-electron chi connectivity index (χ1n) is 11.4. The van der Waals surface area contributed by atoms with E-state index in [1.54, 1.807) is 0 Å². The molecule has 0 aliphatic carbocycles. The summed E-state index contributed by atoms with van der Waals surface area (Å²) >= 11 is 4.03. The van der Waals surface area contributed by atoms with Gasteiger partial charge in [-0.15, -0.1) is 0 Å². The van der Waals surface area contributed by atoms with Crippen LogP contribution in [-0.2, 0) is 19.2 Å². The minimum Gasteiger partial charge on any atom is -0.480 e. The van der Waals surface area contributed by atoms with Crippen LogP contribution in [0.5, 0.6) is 0 Å². The molecule has 3 amide bonds. The second-order valence-corrected chi connectivity index (χ2v) is 7.92. The van der Waals surface area contributed by atoms with Crippen LogP contribution in [-0.4, -0.2) is 92.4 Å². The summed E-state index contributed by atoms with van der Waals surface area (Å²) in [5.74, 6) is -2.56. The lowest BCUT2D eigenvalue weighted by molar-refractivity contribution is -0.138. The van der Waals surface area contributed by atoms with E-state index in [1.807, 2.05) is 0 Å². The quantitative estimate of drug-likeness (QED) is 0.0616. The Balaban J connectivity index is 3.80. The molecular formula is C20H41N7O5S. The van der Waals surface area contributed by atoms with Crippen LogP contribution in [0.4, 0.5) is 0 Å². The van der Waals surface area contributed by atoms with Crippen molar-refractivity contribution in [3.8, 4) is 0 Å². The molecule has 33 heavy (non-hydrogen) atoms. The van der Waals surface area contributed by atoms with E-state index in [4.69, 9.17) is 16.6 Å². The first kappa shape index (κ1) is 31.1. The van der Waals surface area contributed by atoms with Gasteiger partial charge in [0.05, 0.1) is 6.54 Å². The van der Waals surface area contributed by atoms with Crippen molar-refractivity contribution in [1.29, 1.82) is 0 Å². The molecule has 0 heterocycles. The molecule has 13 heteroatoms. The Morgan fingerprint density at radius 2 is 1.45 bits per heavy atom. The molecule has 12 nitrogen and oxygen atoms in total. The molecule has 0 aliphatic heterocycles. The molecule has 2 atom stereocenters. The molecule has 0 rings (SSSR count). The van der Waals surface area contributed by atoms with Crippen LogP contribution in [0.1, 0.15) is 38.5 Å². The van der Waals surface area contributed by atoms with E-state index < -0.39 is 29.9 Å². The summed E-state index contributed by atoms with van der Waals surface area (Å²) in [6, 6.07) is -2.08. The van der Waals surface area contributed by atoms with Crippen molar-refractivity contribution in [3.05, 3.63) is 0 Å². The van der Waals surface area contributed by atoms with Gasteiger partial charge in [0.2, 0.25) is 17.7 Å². The SMILES string of the molecule is NCCCNCCCCNCCCNC(=O)CNC(=O)C(CS)NC(=O)CCC(N)C(=O)O. The van der Waals surface area contributed by atoms with Gasteiger partial charge in [-0.05, 0) is 64.8 Å². The number of amides is 3. The van der Waals surface area contributed by atoms with Gasteiger partial charge < -0.3 is 43.2 Å². The number of carbonyl (C=O) groups is 4. The third-order valence-corrected chi connectivity index (χ3v) is 4.99. The lowest BCUT2D eigenvalue weighted by Gasteiger charge is -2.17. The Morgan fingerprint density at radius 3 is 2.03 bits per heavy atom. The number of aliphatic carboxylic acids is 1. The molecule has 2 unspecified atom stereocenters. The van der Waals surface area contributed by atoms with Crippen LogP contribution in [0.2, 0.25) is 0 Å². The maximum Gasteiger partial charge on any atom is 0.320 e. The predicted octanol–water partition coefficient (Wildman–Crippen LogP) is -2.48. The lowest BCUT2D eigenvalue weighted by atomic mass is 10.1. The van der Waals surface area contributed by atoms with Crippen molar-refractivity contribution in [3.63, 3.8) is 0 Å². The largest absolute Gasteiger partial charge is 0.480 e. The van der Waals surface area contributed by atoms with Gasteiger partial charge in [-0.2, -0.15) is 12.6 Å². The van der Waals surface area contributed by atoms with Gasteiger partial charge in [-0.3, -0.25) is 19.2 Å². The number of carbonyl (C=O) groups excluding carboxylic acids is 3. The van der Waals surface area contributed by atoms with Crippen molar-refractivity contribution in [2.45, 2.75) is 50.6 Å². The molecule has 0 aromatic heterocycles. The highest BCUT2D eigenvalue weighted by Gasteiger charge is 2.21. The number of hydrogen-bond acceptors (Lipinski definition) is 9. The molecule has 0 fully saturated rings. The van der Waals surface area contributed by atoms with E-state index in [1.165, 1.54) is 0 Å². The first-order chi connectivity index (χ1) is 15.8. The average molecular weight is 492 g/mol. The Kier molecular flexibility index (Phi) is 19.5. The summed E-state index contributed by atoms with van der Waals surface area (Å²) in [6.07, 6.45) is 3.74. The molecule has 0 aromatic carbocycles. The number of carboxylic acid groups (broad SMARTS) is 1. The number of carboxylic acids is 1. The van der Waals surface area contributed by atoms with Crippen LogP contribution in [0.25, 0.3) is 0 Å². The molecule has 0 saturated carbocycles. The molecular weight excluding hydrogens is 450 g/mol. The average Bonchev–Trinajstić information content (AvgIpc) is 2.79. The normalized spacial score (nSPS) is 12.6. The van der Waals surface area contributed by atoms with Gasteiger partial charge in [-0.25, -0.2) is 0 Å². The summed E-state index contributed by atoms with van der Waals surface area (Å²) in [5, 5.41) is 23.0. The number of nitrogens with one attached hydrogen (secondary N) is 5. The third kappa shape index (κ3) is 18.2. The van der Waals surface area contributed by atoms with E-state index >= 15 is 0 Å². The number of rotatable bonds is 21. The Labute approximate surface area is 201 Å². The maximum absolute atomic E-state index is 12.1. The summed E-state index contributed by atoms with van der Waals surface area (Å²) < 4.78 is 0. The van der Waals surface area contributed by atoms with Crippen LogP contribution in [0.15, 0.2) is 0 Å². The Morgan fingerprint density at radius 1 is 0.848 bits per heavy atom. The molecule has 0 aromatic rings. The summed E-state index contributed by atoms with van der Waals surface area (Å²) in [7, 11) is 0. The van der Waals surface area contributed by atoms with Gasteiger partial charge in [0, 0.05) is 18.7 Å². The maximum atomic E-state index is 12.1. The van der Waals surface area contributed by atoms with E-state index in [-0.39, 0.29) is 31.0 Å². The standard InChI is InChI=1S/C20H41N7O5S/c21-7-3-10-23-8-1-2-9-24-11-4-12-25-18(29)13-26-19(30)16(14-33)27-17(28)6-5-15(22)20(31)32/h15-16,23-24,33H,1-14,21-22H2,(H,25,29)(H,26,30)(H,27,28)(H,31,32). The van der Waals surface area contributed by atoms with Crippen molar-refractivity contribution in [1.82, 2.24) is 26.6 Å². The minimum atomic E-state index is -1.20. The highest BCUT2D eigenvalue weighted by Crippen LogP contribution is 1.97. The monoisotopic (exact) mass is 491 g/mol. The van der Waals surface area contributed by atoms with E-state index in [0.29, 0.717) is 13.1 Å². The van der Waals surface area contributed by atoms with Crippen LogP contribution in [0.3, 0.4) is 0 Å². The fourth-order valence-electron chi connectivity index (χ4n) is 2.64. The molecule has 0 radical (unpaired) electrons. The predicted molar refractivity (Wildman–Crippen MR) is 130 cm³/mol. The molecule has 10 N–H and O–H groups in total. The van der Waals surface area contributed by atoms with E-state index in [9.17, 15) is 19.2 Å². The number of unbranched alkanes of at least 4 members (excludes halogenated alkanes) is 1. The van der Waals surface area contributed by atoms with E-state index in [2.05, 4.69) is 39.2 Å². The Hall–Kier alpha value is -1.93. The van der Waals surface area contributed by atoms with Crippen LogP contribution < -0.4 is 38.1 Å². The highest BCUT2D eigenvalue weighted by molar-refractivity contribution is 7.80. The summed E-state index contributed by atoms with van der Waals surface area (Å²) in [6.45, 7) is 4.62. The third-order valence-electron chi connectivity index (χ3n) is 4.62. The fourth-order valence-corrected chi connectivity index (χ4v) is 2.90. The Bertz CT molecular complexity index is 583. The summed E-state index contributed by atoms with van der Waals surface area (Å²) in [5.41, 5.74) is 10.8. The molecule has 0 saturated heterocycles. The molecule has 192 valence electrons. The zero-order valence-corrected chi connectivity index (χ0v) is 20.1. The van der Waals surface area contributed by atoms with Gasteiger partial charge in [0.25, 0.3) is 0 Å². The number of hydrogen-bond donors (Lipinski definition) is 9. The zero-order chi connectivity index (χ0) is 24.9. The van der Waals surface area contributed by atoms with Crippen molar-refractivity contribution >= 4 is 36.3 Å². The van der Waals surface area contributed by atoms with Crippen LogP contribution in [0, 0.1) is 0 Å². The van der Waals surface area contributed by atoms with Gasteiger partial charge in [-0.1, -0.05) is 0 Å². The molecule has 0 spiro atoms. The topological polar surface area (TPSA) is 201 Å². The smallest absolute Gasteiger partial charge is 0.320 e. The second-order valence-electron chi connectivity index (χ2n) is 7.56. The van der Waals surface area contributed by atoms with Gasteiger partial charge in [0.15, 0.2) is 0 Å². The van der Waals surface area contributed by atoms with Gasteiger partial charge in [0.1, 0.15) is 12.1 Å². The second kappa shape index (κ2) is 20.7. The van der Waals surface area contributed by atoms with Crippen molar-refractivity contribution in [2.75, 3.05) is 51.6 Å². The number of nitrogens with two attached hydrogens (primary N) is 2. The first-order valence-corrected chi connectivity index (χ1v) is 12.0. The molecule has 0 bridgehead atoms. The minimum absolute atomic E-state index is 0.0274. The molecule has 0 aliphatic rings.